The molecule has 188 valence electrons. The first-order valence-corrected chi connectivity index (χ1v) is 13.2. The van der Waals surface area contributed by atoms with Crippen molar-refractivity contribution in [3.05, 3.63) is 42.5 Å². The normalized spacial score (nSPS) is 12.1. The van der Waals surface area contributed by atoms with Crippen LogP contribution in [0.25, 0.3) is 22.4 Å². The van der Waals surface area contributed by atoms with E-state index in [1.807, 2.05) is 42.5 Å². The number of fused-ring (bicyclic) bond motifs is 1. The van der Waals surface area contributed by atoms with Gasteiger partial charge in [-0.1, -0.05) is 59.8 Å². The summed E-state index contributed by atoms with van der Waals surface area (Å²) in [7, 11) is 0. The Hall–Kier alpha value is -3.15. The van der Waals surface area contributed by atoms with E-state index >= 15 is 0 Å². The molecule has 6 nitrogen and oxygen atoms in total. The standard InChI is InChI=1S/C29H40N4O2/c1-5-9-10-11-12-27(34)30-22-15-13-21(14-16-22)28-32-25-18-17-23(19-26(25)33-28)31-29(35)24(8-4)20(6-2)7-3/h13-20,24H,5-12H2,1-4H3,(H,30,34)(H,31,35)(H,32,33). The molecule has 3 N–H and O–H groups in total. The van der Waals surface area contributed by atoms with E-state index < -0.39 is 0 Å². The summed E-state index contributed by atoms with van der Waals surface area (Å²) in [5.41, 5.74) is 4.22. The summed E-state index contributed by atoms with van der Waals surface area (Å²) < 4.78 is 0. The number of hydrogen-bond donors (Lipinski definition) is 3. The Morgan fingerprint density at radius 1 is 0.857 bits per heavy atom. The number of imidazole rings is 1. The lowest BCUT2D eigenvalue weighted by molar-refractivity contribution is -0.121. The number of aromatic amines is 1. The monoisotopic (exact) mass is 476 g/mol. The van der Waals surface area contributed by atoms with Crippen molar-refractivity contribution >= 4 is 34.2 Å². The lowest BCUT2D eigenvalue weighted by Gasteiger charge is -2.23. The molecule has 1 unspecified atom stereocenters. The second-order valence-electron chi connectivity index (χ2n) is 9.33. The molecule has 0 aliphatic carbocycles. The van der Waals surface area contributed by atoms with E-state index in [1.165, 1.54) is 12.8 Å². The highest BCUT2D eigenvalue weighted by atomic mass is 16.2. The topological polar surface area (TPSA) is 86.9 Å². The van der Waals surface area contributed by atoms with Gasteiger partial charge in [-0.3, -0.25) is 9.59 Å². The Balaban J connectivity index is 1.66. The third kappa shape index (κ3) is 7.17. The van der Waals surface area contributed by atoms with Gasteiger partial charge in [0.1, 0.15) is 5.82 Å². The number of hydrogen-bond acceptors (Lipinski definition) is 3. The first-order chi connectivity index (χ1) is 17.0. The SMILES string of the molecule is CCCCCCC(=O)Nc1ccc(-c2nc3ccc(NC(=O)C(CC)C(CC)CC)cc3[nH]2)cc1. The van der Waals surface area contributed by atoms with Crippen molar-refractivity contribution in [3.63, 3.8) is 0 Å². The van der Waals surface area contributed by atoms with Crippen molar-refractivity contribution in [3.8, 4) is 11.4 Å². The molecular formula is C29H40N4O2. The van der Waals surface area contributed by atoms with Gasteiger partial charge in [0.05, 0.1) is 11.0 Å². The van der Waals surface area contributed by atoms with Crippen LogP contribution >= 0.6 is 0 Å². The van der Waals surface area contributed by atoms with Crippen molar-refractivity contribution < 1.29 is 9.59 Å². The van der Waals surface area contributed by atoms with Crippen LogP contribution < -0.4 is 10.6 Å². The van der Waals surface area contributed by atoms with E-state index in [2.05, 4.69) is 43.3 Å². The van der Waals surface area contributed by atoms with Crippen molar-refractivity contribution in [1.82, 2.24) is 9.97 Å². The fraction of sp³-hybridized carbons (Fsp3) is 0.483. The smallest absolute Gasteiger partial charge is 0.227 e. The number of rotatable bonds is 13. The van der Waals surface area contributed by atoms with Crippen molar-refractivity contribution in [2.75, 3.05) is 10.6 Å². The Bertz CT molecular complexity index is 1100. The van der Waals surface area contributed by atoms with Crippen LogP contribution in [0.2, 0.25) is 0 Å². The van der Waals surface area contributed by atoms with Crippen LogP contribution in [0.3, 0.4) is 0 Å². The molecule has 0 saturated carbocycles. The molecule has 3 rings (SSSR count). The summed E-state index contributed by atoms with van der Waals surface area (Å²) in [6.45, 7) is 8.55. The molecule has 0 fully saturated rings. The number of amides is 2. The van der Waals surface area contributed by atoms with Gasteiger partial charge in [0.2, 0.25) is 11.8 Å². The number of aromatic nitrogens is 2. The first-order valence-electron chi connectivity index (χ1n) is 13.2. The molecule has 1 heterocycles. The molecule has 0 aliphatic heterocycles. The van der Waals surface area contributed by atoms with Gasteiger partial charge in [0.25, 0.3) is 0 Å². The maximum absolute atomic E-state index is 12.9. The number of H-pyrrole nitrogens is 1. The molecule has 6 heteroatoms. The van der Waals surface area contributed by atoms with Crippen LogP contribution in [0.15, 0.2) is 42.5 Å². The molecule has 0 saturated heterocycles. The highest BCUT2D eigenvalue weighted by molar-refractivity contribution is 5.95. The Morgan fingerprint density at radius 3 is 2.23 bits per heavy atom. The van der Waals surface area contributed by atoms with Gasteiger partial charge < -0.3 is 15.6 Å². The highest BCUT2D eigenvalue weighted by Gasteiger charge is 2.24. The highest BCUT2D eigenvalue weighted by Crippen LogP contribution is 2.27. The molecule has 35 heavy (non-hydrogen) atoms. The number of anilines is 2. The van der Waals surface area contributed by atoms with Gasteiger partial charge in [-0.05, 0) is 61.2 Å². The Morgan fingerprint density at radius 2 is 1.57 bits per heavy atom. The van der Waals surface area contributed by atoms with Gasteiger partial charge in [0.15, 0.2) is 0 Å². The fourth-order valence-corrected chi connectivity index (χ4v) is 4.70. The quantitative estimate of drug-likeness (QED) is 0.223. The van der Waals surface area contributed by atoms with E-state index in [0.717, 1.165) is 65.9 Å². The van der Waals surface area contributed by atoms with Crippen LogP contribution in [-0.2, 0) is 9.59 Å². The second-order valence-corrected chi connectivity index (χ2v) is 9.33. The summed E-state index contributed by atoms with van der Waals surface area (Å²) in [4.78, 5) is 33.1. The number of nitrogens with zero attached hydrogens (tertiary/aromatic N) is 1. The van der Waals surface area contributed by atoms with Crippen LogP contribution in [0, 0.1) is 11.8 Å². The zero-order chi connectivity index (χ0) is 25.2. The van der Waals surface area contributed by atoms with E-state index in [1.54, 1.807) is 0 Å². The average Bonchev–Trinajstić information content (AvgIpc) is 3.29. The average molecular weight is 477 g/mol. The minimum Gasteiger partial charge on any atom is -0.338 e. The molecule has 0 aliphatic rings. The summed E-state index contributed by atoms with van der Waals surface area (Å²) in [5, 5.41) is 6.07. The number of carbonyl (C=O) groups is 2. The number of carbonyl (C=O) groups excluding carboxylic acids is 2. The van der Waals surface area contributed by atoms with Gasteiger partial charge in [-0.25, -0.2) is 4.98 Å². The molecule has 2 amide bonds. The predicted octanol–water partition coefficient (Wildman–Crippen LogP) is 7.54. The molecule has 0 radical (unpaired) electrons. The lowest BCUT2D eigenvalue weighted by atomic mass is 9.85. The molecule has 2 aromatic carbocycles. The Kier molecular flexibility index (Phi) is 9.88. The molecule has 1 atom stereocenters. The fourth-order valence-electron chi connectivity index (χ4n) is 4.70. The zero-order valence-electron chi connectivity index (χ0n) is 21.6. The van der Waals surface area contributed by atoms with Crippen molar-refractivity contribution in [2.24, 2.45) is 11.8 Å². The molecule has 3 aromatic rings. The third-order valence-corrected chi connectivity index (χ3v) is 6.84. The van der Waals surface area contributed by atoms with Crippen LogP contribution in [0.5, 0.6) is 0 Å². The van der Waals surface area contributed by atoms with Crippen LogP contribution in [0.1, 0.15) is 79.1 Å². The molecule has 1 aromatic heterocycles. The van der Waals surface area contributed by atoms with Crippen LogP contribution in [0.4, 0.5) is 11.4 Å². The molecule has 0 bridgehead atoms. The van der Waals surface area contributed by atoms with Gasteiger partial charge in [0, 0.05) is 29.3 Å². The maximum atomic E-state index is 12.9. The minimum atomic E-state index is 0.0216. The minimum absolute atomic E-state index is 0.0216. The number of benzene rings is 2. The number of unbranched alkanes of at least 4 members (excludes halogenated alkanes) is 3. The molecular weight excluding hydrogens is 436 g/mol. The first kappa shape index (κ1) is 26.5. The summed E-state index contributed by atoms with van der Waals surface area (Å²) in [6.07, 6.45) is 7.76. The van der Waals surface area contributed by atoms with Crippen LogP contribution in [-0.4, -0.2) is 21.8 Å². The van der Waals surface area contributed by atoms with E-state index in [9.17, 15) is 9.59 Å². The summed E-state index contributed by atoms with van der Waals surface area (Å²) in [6, 6.07) is 13.5. The predicted molar refractivity (Wildman–Crippen MR) is 145 cm³/mol. The van der Waals surface area contributed by atoms with E-state index in [4.69, 9.17) is 4.98 Å². The number of nitrogens with one attached hydrogen (secondary N) is 3. The van der Waals surface area contributed by atoms with Crippen molar-refractivity contribution in [1.29, 1.82) is 0 Å². The third-order valence-electron chi connectivity index (χ3n) is 6.84. The van der Waals surface area contributed by atoms with Gasteiger partial charge in [-0.2, -0.15) is 0 Å². The largest absolute Gasteiger partial charge is 0.338 e. The van der Waals surface area contributed by atoms with E-state index in [0.29, 0.717) is 12.3 Å². The zero-order valence-corrected chi connectivity index (χ0v) is 21.6. The molecule has 0 spiro atoms. The van der Waals surface area contributed by atoms with E-state index in [-0.39, 0.29) is 17.7 Å². The second kappa shape index (κ2) is 13.1. The summed E-state index contributed by atoms with van der Waals surface area (Å²) in [5.74, 6) is 1.32. The van der Waals surface area contributed by atoms with Gasteiger partial charge >= 0.3 is 0 Å². The van der Waals surface area contributed by atoms with Gasteiger partial charge in [-0.15, -0.1) is 0 Å². The van der Waals surface area contributed by atoms with Crippen molar-refractivity contribution in [2.45, 2.75) is 79.1 Å². The lowest BCUT2D eigenvalue weighted by Crippen LogP contribution is -2.28. The maximum Gasteiger partial charge on any atom is 0.227 e. The summed E-state index contributed by atoms with van der Waals surface area (Å²) >= 11 is 0. The Labute approximate surface area is 209 Å².